The molecule has 8 heterocycles. The molecule has 0 bridgehead atoms. The number of benzene rings is 2. The highest BCUT2D eigenvalue weighted by Gasteiger charge is 2.41. The van der Waals surface area contributed by atoms with Crippen LogP contribution in [0.15, 0.2) is 85.3 Å². The molecule has 66 heavy (non-hydrogen) atoms. The van der Waals surface area contributed by atoms with Gasteiger partial charge in [0.05, 0.1) is 30.1 Å². The summed E-state index contributed by atoms with van der Waals surface area (Å²) < 4.78 is 7.50. The predicted octanol–water partition coefficient (Wildman–Crippen LogP) is 6.06. The molecule has 3 aromatic heterocycles. The summed E-state index contributed by atoms with van der Waals surface area (Å²) in [6.07, 6.45) is 12.0. The first-order valence-corrected chi connectivity index (χ1v) is 23.6. The van der Waals surface area contributed by atoms with Crippen LogP contribution in [0.1, 0.15) is 96.8 Å². The van der Waals surface area contributed by atoms with Crippen LogP contribution in [-0.2, 0) is 22.6 Å². The number of hydrogen-bond donors (Lipinski definition) is 2. The highest BCUT2D eigenvalue weighted by molar-refractivity contribution is 6.05. The van der Waals surface area contributed by atoms with Gasteiger partial charge in [-0.05, 0) is 118 Å². The number of amides is 5. The molecule has 5 amide bonds. The molecular formula is C51H56N10O5. The van der Waals surface area contributed by atoms with Crippen molar-refractivity contribution in [3.05, 3.63) is 113 Å². The SMILES string of the molecule is CCOc1cc(-c2ccc(N3CCC(Cc4ccccc4)(NC(=O)N4CCC(N5CCC(c6ccc7c(c6)C(=O)N(C6CCC(=O)NC6=O)C7)CC5)CC4)CC3)nc2)c2c(C#N)cnn2c1. The number of pyridine rings is 2. The zero-order valence-corrected chi connectivity index (χ0v) is 37.5. The van der Waals surface area contributed by atoms with E-state index in [1.54, 1.807) is 21.8 Å². The average Bonchev–Trinajstić information content (AvgIpc) is 3.92. The summed E-state index contributed by atoms with van der Waals surface area (Å²) in [5.41, 5.74) is 6.50. The lowest BCUT2D eigenvalue weighted by atomic mass is 9.81. The Morgan fingerprint density at radius 1 is 0.909 bits per heavy atom. The highest BCUT2D eigenvalue weighted by atomic mass is 16.5. The third-order valence-corrected chi connectivity index (χ3v) is 14.7. The number of nitrogens with zero attached hydrogens (tertiary/aromatic N) is 8. The van der Waals surface area contributed by atoms with E-state index in [4.69, 9.17) is 9.72 Å². The third-order valence-electron chi connectivity index (χ3n) is 14.7. The quantitative estimate of drug-likeness (QED) is 0.157. The normalized spacial score (nSPS) is 20.6. The molecule has 2 aromatic carbocycles. The molecule has 5 aromatic rings. The van der Waals surface area contributed by atoms with E-state index in [2.05, 4.69) is 61.9 Å². The Morgan fingerprint density at radius 3 is 2.41 bits per heavy atom. The largest absolute Gasteiger partial charge is 0.492 e. The minimum Gasteiger partial charge on any atom is -0.492 e. The van der Waals surface area contributed by atoms with Gasteiger partial charge in [0.25, 0.3) is 5.91 Å². The first-order chi connectivity index (χ1) is 32.2. The Labute approximate surface area is 384 Å². The molecule has 0 aliphatic carbocycles. The zero-order chi connectivity index (χ0) is 45.4. The lowest BCUT2D eigenvalue weighted by molar-refractivity contribution is -0.136. The standard InChI is InChI=1S/C51H56N10O5/c1-2-66-41-27-42(47-39(29-52)31-54-61(47)33-41)37-10-12-45(53-30-37)58-24-18-51(19-25-58,28-34-6-4-3-5-7-34)56-50(65)59-22-16-40(17-23-59)57-20-14-35(15-21-57)36-8-9-38-32-60(49(64)43(38)26-36)44-11-13-46(62)55-48(44)63/h3-10,12,26-27,30-31,33,35,40,44H,2,11,13-25,28,32H2,1H3,(H,56,65)(H,55,62,63). The van der Waals surface area contributed by atoms with E-state index < -0.39 is 11.6 Å². The molecule has 340 valence electrons. The van der Waals surface area contributed by atoms with Crippen molar-refractivity contribution >= 4 is 35.1 Å². The van der Waals surface area contributed by atoms with Crippen molar-refractivity contribution in [1.29, 1.82) is 5.26 Å². The first kappa shape index (κ1) is 43.1. The van der Waals surface area contributed by atoms with Gasteiger partial charge in [-0.25, -0.2) is 14.3 Å². The summed E-state index contributed by atoms with van der Waals surface area (Å²) in [5, 5.41) is 20.2. The second-order valence-corrected chi connectivity index (χ2v) is 18.6. The lowest BCUT2D eigenvalue weighted by Gasteiger charge is -2.45. The van der Waals surface area contributed by atoms with Crippen LogP contribution in [0.5, 0.6) is 5.75 Å². The van der Waals surface area contributed by atoms with Crippen molar-refractivity contribution in [1.82, 2.24) is 39.9 Å². The molecule has 2 N–H and O–H groups in total. The van der Waals surface area contributed by atoms with Gasteiger partial charge in [-0.1, -0.05) is 42.5 Å². The molecule has 1 unspecified atom stereocenters. The van der Waals surface area contributed by atoms with Gasteiger partial charge in [-0.15, -0.1) is 0 Å². The van der Waals surface area contributed by atoms with Crippen LogP contribution < -0.4 is 20.3 Å². The number of urea groups is 1. The molecule has 4 fully saturated rings. The van der Waals surface area contributed by atoms with E-state index in [1.807, 2.05) is 54.4 Å². The maximum atomic E-state index is 14.2. The molecule has 5 aliphatic heterocycles. The fourth-order valence-electron chi connectivity index (χ4n) is 11.0. The third kappa shape index (κ3) is 8.57. The number of piperidine rings is 4. The molecule has 0 saturated carbocycles. The summed E-state index contributed by atoms with van der Waals surface area (Å²) in [4.78, 5) is 65.3. The Morgan fingerprint density at radius 2 is 1.70 bits per heavy atom. The molecule has 15 nitrogen and oxygen atoms in total. The number of carbonyl (C=O) groups is 4. The van der Waals surface area contributed by atoms with Crippen molar-refractivity contribution in [3.63, 3.8) is 0 Å². The van der Waals surface area contributed by atoms with Crippen LogP contribution in [0.4, 0.5) is 10.6 Å². The van der Waals surface area contributed by atoms with Crippen LogP contribution in [-0.4, -0.2) is 117 Å². The number of nitrogens with one attached hydrogen (secondary N) is 2. The Hall–Kier alpha value is -6.79. The van der Waals surface area contributed by atoms with Gasteiger partial charge >= 0.3 is 6.03 Å². The minimum atomic E-state index is -0.608. The van der Waals surface area contributed by atoms with Crippen molar-refractivity contribution < 1.29 is 23.9 Å². The van der Waals surface area contributed by atoms with E-state index in [0.717, 1.165) is 99.1 Å². The van der Waals surface area contributed by atoms with E-state index in [9.17, 15) is 24.4 Å². The fraction of sp³-hybridized carbons (Fsp3) is 0.431. The molecule has 5 aliphatic rings. The molecule has 4 saturated heterocycles. The van der Waals surface area contributed by atoms with E-state index in [1.165, 1.54) is 11.1 Å². The van der Waals surface area contributed by atoms with Crippen molar-refractivity contribution in [2.75, 3.05) is 50.8 Å². The van der Waals surface area contributed by atoms with Crippen LogP contribution in [0.25, 0.3) is 16.6 Å². The number of imide groups is 1. The summed E-state index contributed by atoms with van der Waals surface area (Å²) in [6.45, 7) is 7.70. The van der Waals surface area contributed by atoms with Gasteiger partial charge < -0.3 is 29.7 Å². The number of aromatic nitrogens is 3. The summed E-state index contributed by atoms with van der Waals surface area (Å²) >= 11 is 0. The summed E-state index contributed by atoms with van der Waals surface area (Å²) in [7, 11) is 0. The number of ether oxygens (including phenoxy) is 1. The molecule has 0 spiro atoms. The topological polar surface area (TPSA) is 169 Å². The molecular weight excluding hydrogens is 833 g/mol. The number of likely N-dealkylation sites (tertiary alicyclic amines) is 2. The van der Waals surface area contributed by atoms with Crippen LogP contribution in [0.3, 0.4) is 0 Å². The van der Waals surface area contributed by atoms with Crippen molar-refractivity contribution in [2.24, 2.45) is 0 Å². The number of fused-ring (bicyclic) bond motifs is 2. The molecule has 10 rings (SSSR count). The molecule has 15 heteroatoms. The zero-order valence-electron chi connectivity index (χ0n) is 37.5. The monoisotopic (exact) mass is 888 g/mol. The van der Waals surface area contributed by atoms with Crippen molar-refractivity contribution in [3.8, 4) is 22.9 Å². The van der Waals surface area contributed by atoms with Gasteiger partial charge in [-0.2, -0.15) is 10.4 Å². The van der Waals surface area contributed by atoms with Crippen LogP contribution >= 0.6 is 0 Å². The molecule has 1 atom stereocenters. The number of carbonyl (C=O) groups excluding carboxylic acids is 4. The smallest absolute Gasteiger partial charge is 0.317 e. The highest BCUT2D eigenvalue weighted by Crippen LogP contribution is 2.37. The minimum absolute atomic E-state index is 0.0125. The van der Waals surface area contributed by atoms with Crippen LogP contribution in [0, 0.1) is 11.3 Å². The lowest BCUT2D eigenvalue weighted by Crippen LogP contribution is -2.60. The second-order valence-electron chi connectivity index (χ2n) is 18.6. The van der Waals surface area contributed by atoms with E-state index >= 15 is 0 Å². The number of hydrogen-bond acceptors (Lipinski definition) is 10. The fourth-order valence-corrected chi connectivity index (χ4v) is 11.0. The van der Waals surface area contributed by atoms with Gasteiger partial charge in [0.1, 0.15) is 23.7 Å². The predicted molar refractivity (Wildman–Crippen MR) is 248 cm³/mol. The van der Waals surface area contributed by atoms with Crippen molar-refractivity contribution in [2.45, 2.75) is 94.8 Å². The van der Waals surface area contributed by atoms with Gasteiger partial charge in [0.15, 0.2) is 0 Å². The Bertz CT molecular complexity index is 2670. The van der Waals surface area contributed by atoms with Gasteiger partial charge in [-0.3, -0.25) is 19.7 Å². The number of nitriles is 1. The number of rotatable bonds is 10. The van der Waals surface area contributed by atoms with E-state index in [0.29, 0.717) is 61.5 Å². The average molecular weight is 889 g/mol. The van der Waals surface area contributed by atoms with Gasteiger partial charge in [0, 0.05) is 73.6 Å². The van der Waals surface area contributed by atoms with E-state index in [-0.39, 0.29) is 30.2 Å². The molecule has 0 radical (unpaired) electrons. The van der Waals surface area contributed by atoms with Crippen LogP contribution in [0.2, 0.25) is 0 Å². The Balaban J connectivity index is 0.741. The maximum Gasteiger partial charge on any atom is 0.317 e. The summed E-state index contributed by atoms with van der Waals surface area (Å²) in [6, 6.07) is 24.8. The second kappa shape index (κ2) is 18.2. The van der Waals surface area contributed by atoms with Gasteiger partial charge in [0.2, 0.25) is 11.8 Å². The summed E-state index contributed by atoms with van der Waals surface area (Å²) in [5.74, 6) is 1.11. The Kier molecular flexibility index (Phi) is 11.9. The maximum absolute atomic E-state index is 14.2. The number of anilines is 1. The first-order valence-electron chi connectivity index (χ1n) is 23.6.